The second-order valence-corrected chi connectivity index (χ2v) is 4.67. The molecule has 0 aliphatic heterocycles. The summed E-state index contributed by atoms with van der Waals surface area (Å²) in [5, 5.41) is 6.13. The average Bonchev–Trinajstić information content (AvgIpc) is 2.41. The third kappa shape index (κ3) is 3.45. The van der Waals surface area contributed by atoms with Gasteiger partial charge in [-0.2, -0.15) is 0 Å². The molecular formula is C15H15FN2OS. The molecule has 0 spiro atoms. The van der Waals surface area contributed by atoms with Crippen molar-refractivity contribution in [3.05, 3.63) is 53.8 Å². The average molecular weight is 290 g/mol. The summed E-state index contributed by atoms with van der Waals surface area (Å²) in [4.78, 5) is 0. The highest BCUT2D eigenvalue weighted by Crippen LogP contribution is 2.25. The Balaban J connectivity index is 2.12. The minimum atomic E-state index is -0.354. The van der Waals surface area contributed by atoms with Crippen LogP contribution in [0.15, 0.2) is 42.5 Å². The minimum absolute atomic E-state index is 0.305. The summed E-state index contributed by atoms with van der Waals surface area (Å²) in [5.41, 5.74) is 2.14. The molecule has 0 aliphatic carbocycles. The van der Waals surface area contributed by atoms with E-state index in [0.29, 0.717) is 16.5 Å². The van der Waals surface area contributed by atoms with E-state index in [1.807, 2.05) is 25.1 Å². The van der Waals surface area contributed by atoms with Gasteiger partial charge in [-0.3, -0.25) is 0 Å². The fraction of sp³-hybridized carbons (Fsp3) is 0.133. The van der Waals surface area contributed by atoms with Gasteiger partial charge in [-0.1, -0.05) is 18.2 Å². The summed E-state index contributed by atoms with van der Waals surface area (Å²) in [5.74, 6) is 0.321. The lowest BCUT2D eigenvalue weighted by atomic mass is 10.2. The van der Waals surface area contributed by atoms with Gasteiger partial charge in [0, 0.05) is 0 Å². The molecule has 0 bridgehead atoms. The van der Waals surface area contributed by atoms with Crippen molar-refractivity contribution in [1.29, 1.82) is 0 Å². The number of anilines is 2. The molecule has 2 aromatic carbocycles. The number of nitrogens with one attached hydrogen (secondary N) is 2. The van der Waals surface area contributed by atoms with Crippen molar-refractivity contribution in [2.24, 2.45) is 0 Å². The molecule has 0 radical (unpaired) electrons. The fourth-order valence-electron chi connectivity index (χ4n) is 1.76. The van der Waals surface area contributed by atoms with E-state index in [0.717, 1.165) is 11.3 Å². The first kappa shape index (κ1) is 14.3. The number of thiocarbonyl (C=S) groups is 1. The molecule has 2 rings (SSSR count). The van der Waals surface area contributed by atoms with Crippen molar-refractivity contribution in [3.63, 3.8) is 0 Å². The Morgan fingerprint density at radius 3 is 2.50 bits per heavy atom. The highest BCUT2D eigenvalue weighted by Gasteiger charge is 2.07. The molecule has 0 heterocycles. The molecule has 2 N–H and O–H groups in total. The van der Waals surface area contributed by atoms with Gasteiger partial charge in [0.15, 0.2) is 5.11 Å². The Hall–Kier alpha value is -2.14. The molecular weight excluding hydrogens is 275 g/mol. The van der Waals surface area contributed by atoms with E-state index in [9.17, 15) is 4.39 Å². The van der Waals surface area contributed by atoms with E-state index < -0.39 is 0 Å². The van der Waals surface area contributed by atoms with Crippen LogP contribution in [-0.4, -0.2) is 12.2 Å². The highest BCUT2D eigenvalue weighted by molar-refractivity contribution is 7.80. The Morgan fingerprint density at radius 1 is 1.10 bits per heavy atom. The number of para-hydroxylation sites is 1. The van der Waals surface area contributed by atoms with Crippen molar-refractivity contribution in [2.45, 2.75) is 6.92 Å². The molecule has 0 unspecified atom stereocenters. The second kappa shape index (κ2) is 6.34. The first-order valence-corrected chi connectivity index (χ1v) is 6.48. The van der Waals surface area contributed by atoms with Gasteiger partial charge in [0.25, 0.3) is 0 Å². The van der Waals surface area contributed by atoms with E-state index in [4.69, 9.17) is 17.0 Å². The van der Waals surface area contributed by atoms with Gasteiger partial charge in [-0.15, -0.1) is 0 Å². The molecule has 0 saturated carbocycles. The van der Waals surface area contributed by atoms with Crippen LogP contribution in [0.25, 0.3) is 0 Å². The number of hydrogen-bond acceptors (Lipinski definition) is 2. The van der Waals surface area contributed by atoms with Crippen LogP contribution in [0.2, 0.25) is 0 Å². The van der Waals surface area contributed by atoms with Crippen molar-refractivity contribution in [3.8, 4) is 5.75 Å². The summed E-state index contributed by atoms with van der Waals surface area (Å²) >= 11 is 5.18. The summed E-state index contributed by atoms with van der Waals surface area (Å²) in [6, 6.07) is 12.1. The molecule has 0 aliphatic rings. The van der Waals surface area contributed by atoms with E-state index >= 15 is 0 Å². The van der Waals surface area contributed by atoms with Gasteiger partial charge in [0.2, 0.25) is 0 Å². The van der Waals surface area contributed by atoms with E-state index in [2.05, 4.69) is 10.6 Å². The van der Waals surface area contributed by atoms with Crippen LogP contribution in [-0.2, 0) is 0 Å². The Morgan fingerprint density at radius 2 is 1.80 bits per heavy atom. The molecule has 2 aromatic rings. The van der Waals surface area contributed by atoms with Crippen LogP contribution >= 0.6 is 12.2 Å². The monoisotopic (exact) mass is 290 g/mol. The summed E-state index contributed by atoms with van der Waals surface area (Å²) < 4.78 is 18.8. The Bertz CT molecular complexity index is 631. The van der Waals surface area contributed by atoms with E-state index in [1.165, 1.54) is 6.07 Å². The van der Waals surface area contributed by atoms with Crippen molar-refractivity contribution in [2.75, 3.05) is 17.7 Å². The minimum Gasteiger partial charge on any atom is -0.495 e. The van der Waals surface area contributed by atoms with Gasteiger partial charge < -0.3 is 15.4 Å². The zero-order chi connectivity index (χ0) is 14.5. The lowest BCUT2D eigenvalue weighted by molar-refractivity contribution is 0.417. The fourth-order valence-corrected chi connectivity index (χ4v) is 1.98. The molecule has 3 nitrogen and oxygen atoms in total. The highest BCUT2D eigenvalue weighted by atomic mass is 32.1. The molecule has 0 amide bonds. The predicted molar refractivity (Wildman–Crippen MR) is 84.0 cm³/mol. The first-order chi connectivity index (χ1) is 9.60. The topological polar surface area (TPSA) is 33.3 Å². The molecule has 0 saturated heterocycles. The van der Waals surface area contributed by atoms with Crippen molar-refractivity contribution < 1.29 is 9.13 Å². The van der Waals surface area contributed by atoms with Crippen LogP contribution in [0, 0.1) is 12.7 Å². The summed E-state index contributed by atoms with van der Waals surface area (Å²) in [6.45, 7) is 1.97. The third-order valence-electron chi connectivity index (χ3n) is 2.73. The number of methoxy groups -OCH3 is 1. The number of ether oxygens (including phenoxy) is 1. The smallest absolute Gasteiger partial charge is 0.175 e. The zero-order valence-corrected chi connectivity index (χ0v) is 12.1. The Labute approximate surface area is 122 Å². The molecule has 0 fully saturated rings. The normalized spacial score (nSPS) is 9.95. The van der Waals surface area contributed by atoms with Crippen LogP contribution in [0.5, 0.6) is 5.75 Å². The molecule has 104 valence electrons. The number of hydrogen-bond donors (Lipinski definition) is 2. The van der Waals surface area contributed by atoms with E-state index in [1.54, 1.807) is 25.3 Å². The zero-order valence-electron chi connectivity index (χ0n) is 11.2. The van der Waals surface area contributed by atoms with Crippen molar-refractivity contribution in [1.82, 2.24) is 0 Å². The largest absolute Gasteiger partial charge is 0.495 e. The molecule has 20 heavy (non-hydrogen) atoms. The Kier molecular flexibility index (Phi) is 4.53. The first-order valence-electron chi connectivity index (χ1n) is 6.07. The van der Waals surface area contributed by atoms with Crippen LogP contribution < -0.4 is 15.4 Å². The van der Waals surface area contributed by atoms with Crippen molar-refractivity contribution >= 4 is 28.7 Å². The van der Waals surface area contributed by atoms with Gasteiger partial charge in [0.05, 0.1) is 18.5 Å². The van der Waals surface area contributed by atoms with E-state index in [-0.39, 0.29) is 5.82 Å². The maximum absolute atomic E-state index is 13.5. The van der Waals surface area contributed by atoms with Gasteiger partial charge >= 0.3 is 0 Å². The quantitative estimate of drug-likeness (QED) is 0.839. The summed E-state index contributed by atoms with van der Waals surface area (Å²) in [7, 11) is 1.59. The number of halogens is 1. The maximum atomic E-state index is 13.5. The van der Waals surface area contributed by atoms with Gasteiger partial charge in [-0.25, -0.2) is 4.39 Å². The number of benzene rings is 2. The number of rotatable bonds is 3. The SMILES string of the molecule is COc1ccc(C)cc1NC(=S)Nc1ccccc1F. The molecule has 0 aromatic heterocycles. The van der Waals surface area contributed by atoms with Gasteiger partial charge in [-0.05, 0) is 49.0 Å². The summed E-state index contributed by atoms with van der Waals surface area (Å²) in [6.07, 6.45) is 0. The standard InChI is InChI=1S/C15H15FN2OS/c1-10-7-8-14(19-2)13(9-10)18-15(20)17-12-6-4-3-5-11(12)16/h3-9H,1-2H3,(H2,17,18,20). The molecule has 0 atom stereocenters. The lowest BCUT2D eigenvalue weighted by Crippen LogP contribution is -2.20. The molecule has 5 heteroatoms. The third-order valence-corrected chi connectivity index (χ3v) is 2.93. The van der Waals surface area contributed by atoms with Crippen LogP contribution in [0.1, 0.15) is 5.56 Å². The second-order valence-electron chi connectivity index (χ2n) is 4.26. The van der Waals surface area contributed by atoms with Gasteiger partial charge in [0.1, 0.15) is 11.6 Å². The predicted octanol–water partition coefficient (Wildman–Crippen LogP) is 3.95. The van der Waals surface area contributed by atoms with Crippen LogP contribution in [0.3, 0.4) is 0 Å². The number of aryl methyl sites for hydroxylation is 1. The van der Waals surface area contributed by atoms with Crippen LogP contribution in [0.4, 0.5) is 15.8 Å². The maximum Gasteiger partial charge on any atom is 0.175 e. The lowest BCUT2D eigenvalue weighted by Gasteiger charge is -2.14.